The predicted molar refractivity (Wildman–Crippen MR) is 92.3 cm³/mol. The lowest BCUT2D eigenvalue weighted by Crippen LogP contribution is -2.28. The van der Waals surface area contributed by atoms with Crippen LogP contribution < -0.4 is 4.74 Å². The first-order valence-electron chi connectivity index (χ1n) is 7.90. The summed E-state index contributed by atoms with van der Waals surface area (Å²) in [6, 6.07) is 11.0. The second kappa shape index (κ2) is 7.67. The number of nitrogens with zero attached hydrogens (tertiary/aromatic N) is 1. The lowest BCUT2D eigenvalue weighted by molar-refractivity contribution is -0.139. The van der Waals surface area contributed by atoms with Crippen LogP contribution in [0.5, 0.6) is 5.75 Å². The molecule has 0 saturated heterocycles. The Labute approximate surface area is 151 Å². The van der Waals surface area contributed by atoms with Crippen molar-refractivity contribution in [1.82, 2.24) is 4.31 Å². The highest BCUT2D eigenvalue weighted by Gasteiger charge is 2.38. The zero-order valence-electron chi connectivity index (χ0n) is 14.6. The van der Waals surface area contributed by atoms with E-state index in [1.54, 1.807) is 24.3 Å². The number of hydrogen-bond acceptors (Lipinski definition) is 3. The van der Waals surface area contributed by atoms with Crippen LogP contribution in [0.4, 0.5) is 13.2 Å². The molecule has 0 aromatic heterocycles. The topological polar surface area (TPSA) is 46.6 Å². The van der Waals surface area contributed by atoms with Crippen LogP contribution in [0.3, 0.4) is 0 Å². The fraction of sp³-hybridized carbons (Fsp3) is 0.333. The summed E-state index contributed by atoms with van der Waals surface area (Å²) in [5.74, 6) is 0.569. The van der Waals surface area contributed by atoms with E-state index >= 15 is 0 Å². The minimum atomic E-state index is -4.75. The van der Waals surface area contributed by atoms with E-state index in [9.17, 15) is 21.6 Å². The highest BCUT2D eigenvalue weighted by atomic mass is 32.2. The number of alkyl halides is 3. The molecule has 0 radical (unpaired) electrons. The average molecular weight is 387 g/mol. The van der Waals surface area contributed by atoms with Crippen molar-refractivity contribution in [3.8, 4) is 5.75 Å². The molecule has 0 saturated carbocycles. The first-order valence-corrected chi connectivity index (χ1v) is 9.34. The van der Waals surface area contributed by atoms with E-state index in [1.165, 1.54) is 13.1 Å². The van der Waals surface area contributed by atoms with Crippen LogP contribution in [0.2, 0.25) is 0 Å². The zero-order valence-corrected chi connectivity index (χ0v) is 15.4. The van der Waals surface area contributed by atoms with E-state index in [-0.39, 0.29) is 12.6 Å². The maximum atomic E-state index is 13.1. The number of rotatable bonds is 6. The Morgan fingerprint density at radius 1 is 1.08 bits per heavy atom. The summed E-state index contributed by atoms with van der Waals surface area (Å²) in [5.41, 5.74) is -0.567. The molecular formula is C18H20F3NO3S. The third-order valence-electron chi connectivity index (χ3n) is 3.56. The van der Waals surface area contributed by atoms with Gasteiger partial charge in [-0.3, -0.25) is 0 Å². The largest absolute Gasteiger partial charge is 0.491 e. The lowest BCUT2D eigenvalue weighted by Gasteiger charge is -2.20. The summed E-state index contributed by atoms with van der Waals surface area (Å²) >= 11 is 0. The molecule has 4 nitrogen and oxygen atoms in total. The molecule has 0 heterocycles. The molecule has 0 aliphatic rings. The van der Waals surface area contributed by atoms with Crippen LogP contribution in [0.15, 0.2) is 53.4 Å². The molecule has 0 unspecified atom stereocenters. The monoisotopic (exact) mass is 387 g/mol. The van der Waals surface area contributed by atoms with E-state index < -0.39 is 26.7 Å². The molecule has 0 atom stereocenters. The van der Waals surface area contributed by atoms with Crippen molar-refractivity contribution < 1.29 is 26.3 Å². The quantitative estimate of drug-likeness (QED) is 0.742. The number of hydrogen-bond donors (Lipinski definition) is 0. The Hall–Kier alpha value is -2.06. The van der Waals surface area contributed by atoms with Crippen LogP contribution in [-0.4, -0.2) is 25.9 Å². The van der Waals surface area contributed by atoms with Crippen molar-refractivity contribution in [3.05, 3.63) is 59.7 Å². The van der Waals surface area contributed by atoms with Gasteiger partial charge in [0.2, 0.25) is 10.0 Å². The lowest BCUT2D eigenvalue weighted by atomic mass is 10.2. The Morgan fingerprint density at radius 3 is 2.35 bits per heavy atom. The number of halogens is 3. The van der Waals surface area contributed by atoms with Gasteiger partial charge in [0.15, 0.2) is 0 Å². The Balaban J connectivity index is 2.31. The standard InChI is InChI=1S/C18H20F3NO3S/c1-13(2)25-15-8-6-7-14(11-15)12-22(3)26(23,24)17-10-5-4-9-16(17)18(19,20)21/h4-11,13H,12H2,1-3H3. The first-order chi connectivity index (χ1) is 12.0. The van der Waals surface area contributed by atoms with Crippen LogP contribution in [0, 0.1) is 0 Å². The molecule has 2 aromatic carbocycles. The molecule has 142 valence electrons. The summed E-state index contributed by atoms with van der Waals surface area (Å²) in [6.07, 6.45) is -4.81. The maximum absolute atomic E-state index is 13.1. The van der Waals surface area contributed by atoms with Crippen molar-refractivity contribution in [2.24, 2.45) is 0 Å². The van der Waals surface area contributed by atoms with Gasteiger partial charge >= 0.3 is 6.18 Å². The predicted octanol–water partition coefficient (Wildman–Crippen LogP) is 4.31. The molecule has 0 aliphatic heterocycles. The average Bonchev–Trinajstić information content (AvgIpc) is 2.53. The molecule has 0 N–H and O–H groups in total. The normalized spacial score (nSPS) is 12.6. The summed E-state index contributed by atoms with van der Waals surface area (Å²) < 4.78 is 71.2. The SMILES string of the molecule is CC(C)Oc1cccc(CN(C)S(=O)(=O)c2ccccc2C(F)(F)F)c1. The van der Waals surface area contributed by atoms with Crippen molar-refractivity contribution in [2.75, 3.05) is 7.05 Å². The zero-order chi connectivity index (χ0) is 19.5. The number of sulfonamides is 1. The number of benzene rings is 2. The molecule has 0 aliphatic carbocycles. The second-order valence-corrected chi connectivity index (χ2v) is 8.08. The second-order valence-electron chi connectivity index (χ2n) is 6.07. The molecule has 0 spiro atoms. The van der Waals surface area contributed by atoms with Gasteiger partial charge in [0.05, 0.1) is 16.6 Å². The van der Waals surface area contributed by atoms with E-state index in [0.29, 0.717) is 11.3 Å². The van der Waals surface area contributed by atoms with Gasteiger partial charge in [-0.25, -0.2) is 8.42 Å². The van der Waals surface area contributed by atoms with Gasteiger partial charge in [-0.15, -0.1) is 0 Å². The summed E-state index contributed by atoms with van der Waals surface area (Å²) in [4.78, 5) is -0.760. The first kappa shape index (κ1) is 20.3. The fourth-order valence-electron chi connectivity index (χ4n) is 2.43. The van der Waals surface area contributed by atoms with Gasteiger partial charge in [-0.05, 0) is 43.7 Å². The van der Waals surface area contributed by atoms with Crippen molar-refractivity contribution >= 4 is 10.0 Å². The number of ether oxygens (including phenoxy) is 1. The third-order valence-corrected chi connectivity index (χ3v) is 5.42. The minimum Gasteiger partial charge on any atom is -0.491 e. The van der Waals surface area contributed by atoms with Crippen LogP contribution in [0.25, 0.3) is 0 Å². The fourth-order valence-corrected chi connectivity index (χ4v) is 3.79. The van der Waals surface area contributed by atoms with Crippen LogP contribution in [0.1, 0.15) is 25.0 Å². The minimum absolute atomic E-state index is 0.0506. The van der Waals surface area contributed by atoms with Crippen LogP contribution >= 0.6 is 0 Å². The molecule has 8 heteroatoms. The highest BCUT2D eigenvalue weighted by Crippen LogP contribution is 2.35. The van der Waals surface area contributed by atoms with E-state index in [0.717, 1.165) is 22.5 Å². The van der Waals surface area contributed by atoms with Gasteiger partial charge < -0.3 is 4.74 Å². The molecule has 0 bridgehead atoms. The molecule has 2 rings (SSSR count). The summed E-state index contributed by atoms with van der Waals surface area (Å²) in [5, 5.41) is 0. The van der Waals surface area contributed by atoms with E-state index in [2.05, 4.69) is 0 Å². The van der Waals surface area contributed by atoms with Crippen LogP contribution in [-0.2, 0) is 22.7 Å². The molecule has 0 amide bonds. The maximum Gasteiger partial charge on any atom is 0.417 e. The molecule has 0 fully saturated rings. The van der Waals surface area contributed by atoms with Gasteiger partial charge in [0, 0.05) is 13.6 Å². The van der Waals surface area contributed by atoms with Gasteiger partial charge in [0.25, 0.3) is 0 Å². The Morgan fingerprint density at radius 2 is 1.73 bits per heavy atom. The van der Waals surface area contributed by atoms with Gasteiger partial charge in [-0.2, -0.15) is 17.5 Å². The van der Waals surface area contributed by atoms with Crippen molar-refractivity contribution in [1.29, 1.82) is 0 Å². The van der Waals surface area contributed by atoms with E-state index in [1.807, 2.05) is 13.8 Å². The summed E-state index contributed by atoms with van der Waals surface area (Å²) in [7, 11) is -3.07. The van der Waals surface area contributed by atoms with Gasteiger partial charge in [0.1, 0.15) is 5.75 Å². The smallest absolute Gasteiger partial charge is 0.417 e. The van der Waals surface area contributed by atoms with Crippen molar-refractivity contribution in [3.63, 3.8) is 0 Å². The van der Waals surface area contributed by atoms with E-state index in [4.69, 9.17) is 4.74 Å². The Bertz CT molecular complexity index is 864. The molecular weight excluding hydrogens is 367 g/mol. The third kappa shape index (κ3) is 4.76. The molecule has 2 aromatic rings. The van der Waals surface area contributed by atoms with Gasteiger partial charge in [-0.1, -0.05) is 24.3 Å². The Kier molecular flexibility index (Phi) is 5.98. The molecule has 26 heavy (non-hydrogen) atoms. The summed E-state index contributed by atoms with van der Waals surface area (Å²) in [6.45, 7) is 3.64. The van der Waals surface area contributed by atoms with Crippen molar-refractivity contribution in [2.45, 2.75) is 37.6 Å². The highest BCUT2D eigenvalue weighted by molar-refractivity contribution is 7.89.